The lowest BCUT2D eigenvalue weighted by Crippen LogP contribution is -2.69. The molecule has 3 aromatic carbocycles. The Morgan fingerprint density at radius 3 is 2.36 bits per heavy atom. The second kappa shape index (κ2) is 12.7. The van der Waals surface area contributed by atoms with Gasteiger partial charge in [-0.1, -0.05) is 54.6 Å². The van der Waals surface area contributed by atoms with Crippen LogP contribution in [0.3, 0.4) is 0 Å². The van der Waals surface area contributed by atoms with Gasteiger partial charge in [0.15, 0.2) is 11.5 Å². The lowest BCUT2D eigenvalue weighted by atomic mass is 9.84. The number of carbonyl (C=O) groups is 3. The number of hydrogen-bond donors (Lipinski definition) is 3. The van der Waals surface area contributed by atoms with Crippen molar-refractivity contribution in [2.45, 2.75) is 45.3 Å². The first kappa shape index (κ1) is 31.6. The molecular weight excluding hydrogens is 570 g/mol. The SMILES string of the molecule is Cc1cc(C(N)=O)nn1-c1ccc(Cc2cc(C(=O)C3(CO)CNCCN3C(=O)OC(C)(C)C)ccc2-c2ccccc2)cc1. The van der Waals surface area contributed by atoms with Crippen LogP contribution in [0.2, 0.25) is 0 Å². The summed E-state index contributed by atoms with van der Waals surface area (Å²) in [6, 6.07) is 24.9. The molecule has 5 rings (SSSR count). The molecule has 234 valence electrons. The molecule has 1 atom stereocenters. The van der Waals surface area contributed by atoms with E-state index in [1.807, 2.05) is 73.7 Å². The van der Waals surface area contributed by atoms with Crippen LogP contribution in [0.5, 0.6) is 0 Å². The number of ether oxygens (including phenoxy) is 1. The van der Waals surface area contributed by atoms with Crippen LogP contribution >= 0.6 is 0 Å². The third kappa shape index (κ3) is 6.67. The first-order valence-electron chi connectivity index (χ1n) is 14.9. The Morgan fingerprint density at radius 2 is 1.73 bits per heavy atom. The number of aliphatic hydroxyl groups is 1. The Bertz CT molecular complexity index is 1710. The first-order chi connectivity index (χ1) is 21.4. The van der Waals surface area contributed by atoms with E-state index in [1.165, 1.54) is 4.90 Å². The Labute approximate surface area is 262 Å². The summed E-state index contributed by atoms with van der Waals surface area (Å²) in [6.45, 7) is 7.40. The van der Waals surface area contributed by atoms with Crippen molar-refractivity contribution in [3.63, 3.8) is 0 Å². The lowest BCUT2D eigenvalue weighted by molar-refractivity contribution is -0.0205. The highest BCUT2D eigenvalue weighted by molar-refractivity contribution is 6.06. The molecule has 1 fully saturated rings. The van der Waals surface area contributed by atoms with Crippen molar-refractivity contribution in [2.75, 3.05) is 26.2 Å². The Balaban J connectivity index is 1.51. The number of aryl methyl sites for hydroxylation is 1. The Hall–Kier alpha value is -4.80. The van der Waals surface area contributed by atoms with Crippen LogP contribution in [-0.2, 0) is 11.2 Å². The summed E-state index contributed by atoms with van der Waals surface area (Å²) in [5.74, 6) is -0.948. The molecule has 10 heteroatoms. The minimum atomic E-state index is -1.51. The highest BCUT2D eigenvalue weighted by atomic mass is 16.6. The highest BCUT2D eigenvalue weighted by Crippen LogP contribution is 2.31. The molecule has 45 heavy (non-hydrogen) atoms. The number of hydrogen-bond acceptors (Lipinski definition) is 7. The quantitative estimate of drug-likeness (QED) is 0.253. The van der Waals surface area contributed by atoms with Crippen LogP contribution < -0.4 is 11.1 Å². The summed E-state index contributed by atoms with van der Waals surface area (Å²) in [5, 5.41) is 18.2. The van der Waals surface area contributed by atoms with Gasteiger partial charge in [0.05, 0.1) is 12.3 Å². The number of piperazine rings is 1. The summed E-state index contributed by atoms with van der Waals surface area (Å²) >= 11 is 0. The van der Waals surface area contributed by atoms with Crippen LogP contribution in [0.25, 0.3) is 16.8 Å². The van der Waals surface area contributed by atoms with E-state index in [2.05, 4.69) is 10.4 Å². The third-order valence-corrected chi connectivity index (χ3v) is 7.91. The number of carbonyl (C=O) groups excluding carboxylic acids is 3. The number of rotatable bonds is 8. The molecular formula is C35H39N5O5. The number of Topliss-reactive ketones (excluding diaryl/α,β-unsaturated/α-hetero) is 1. The number of ketones is 1. The molecule has 4 aromatic rings. The van der Waals surface area contributed by atoms with E-state index in [-0.39, 0.29) is 24.6 Å². The number of aliphatic hydroxyl groups excluding tert-OH is 1. The number of nitrogens with two attached hydrogens (primary N) is 1. The maximum atomic E-state index is 14.3. The molecule has 10 nitrogen and oxygen atoms in total. The van der Waals surface area contributed by atoms with E-state index in [0.717, 1.165) is 33.6 Å². The van der Waals surface area contributed by atoms with Crippen molar-refractivity contribution in [3.05, 3.63) is 107 Å². The molecule has 1 aliphatic rings. The molecule has 0 saturated carbocycles. The highest BCUT2D eigenvalue weighted by Gasteiger charge is 2.49. The zero-order valence-corrected chi connectivity index (χ0v) is 26.0. The molecule has 4 N–H and O–H groups in total. The molecule has 2 heterocycles. The molecule has 1 saturated heterocycles. The maximum absolute atomic E-state index is 14.3. The lowest BCUT2D eigenvalue weighted by Gasteiger charge is -2.45. The van der Waals surface area contributed by atoms with Crippen LogP contribution in [-0.4, -0.2) is 75.0 Å². The fraction of sp³-hybridized carbons (Fsp3) is 0.314. The third-order valence-electron chi connectivity index (χ3n) is 7.91. The fourth-order valence-corrected chi connectivity index (χ4v) is 5.67. The molecule has 0 aliphatic carbocycles. The van der Waals surface area contributed by atoms with Gasteiger partial charge in [-0.15, -0.1) is 0 Å². The van der Waals surface area contributed by atoms with Crippen LogP contribution in [0.4, 0.5) is 4.79 Å². The average molecular weight is 610 g/mol. The monoisotopic (exact) mass is 609 g/mol. The van der Waals surface area contributed by atoms with Gasteiger partial charge >= 0.3 is 6.09 Å². The molecule has 2 amide bonds. The number of amides is 2. The number of benzene rings is 3. The van der Waals surface area contributed by atoms with E-state index in [9.17, 15) is 19.5 Å². The van der Waals surface area contributed by atoms with Crippen LogP contribution in [0.15, 0.2) is 78.9 Å². The predicted molar refractivity (Wildman–Crippen MR) is 171 cm³/mol. The zero-order chi connectivity index (χ0) is 32.4. The number of nitrogens with zero attached hydrogens (tertiary/aromatic N) is 3. The Morgan fingerprint density at radius 1 is 1.02 bits per heavy atom. The van der Waals surface area contributed by atoms with Crippen molar-refractivity contribution in [1.29, 1.82) is 0 Å². The Kier molecular flexibility index (Phi) is 8.90. The fourth-order valence-electron chi connectivity index (χ4n) is 5.67. The summed E-state index contributed by atoms with van der Waals surface area (Å²) in [7, 11) is 0. The second-order valence-electron chi connectivity index (χ2n) is 12.4. The number of primary amides is 1. The average Bonchev–Trinajstić information content (AvgIpc) is 3.42. The van der Waals surface area contributed by atoms with Crippen molar-refractivity contribution >= 4 is 17.8 Å². The smallest absolute Gasteiger partial charge is 0.411 e. The van der Waals surface area contributed by atoms with E-state index >= 15 is 0 Å². The van der Waals surface area contributed by atoms with Gasteiger partial charge in [-0.25, -0.2) is 9.48 Å². The molecule has 0 bridgehead atoms. The van der Waals surface area contributed by atoms with Gasteiger partial charge in [-0.05, 0) is 80.6 Å². The predicted octanol–water partition coefficient (Wildman–Crippen LogP) is 4.29. The van der Waals surface area contributed by atoms with Gasteiger partial charge < -0.3 is 20.9 Å². The molecule has 0 radical (unpaired) electrons. The largest absolute Gasteiger partial charge is 0.444 e. The zero-order valence-electron chi connectivity index (χ0n) is 26.0. The molecule has 0 spiro atoms. The van der Waals surface area contributed by atoms with Crippen molar-refractivity contribution < 1.29 is 24.2 Å². The minimum Gasteiger partial charge on any atom is -0.444 e. The van der Waals surface area contributed by atoms with Crippen LogP contribution in [0.1, 0.15) is 58.4 Å². The van der Waals surface area contributed by atoms with Crippen LogP contribution in [0, 0.1) is 6.92 Å². The second-order valence-corrected chi connectivity index (χ2v) is 12.4. The first-order valence-corrected chi connectivity index (χ1v) is 14.9. The maximum Gasteiger partial charge on any atom is 0.411 e. The topological polar surface area (TPSA) is 140 Å². The summed E-state index contributed by atoms with van der Waals surface area (Å²) < 4.78 is 7.30. The van der Waals surface area contributed by atoms with E-state index < -0.39 is 29.7 Å². The molecule has 1 aliphatic heterocycles. The van der Waals surface area contributed by atoms with Gasteiger partial charge in [-0.3, -0.25) is 14.5 Å². The number of aromatic nitrogens is 2. The molecule has 1 unspecified atom stereocenters. The van der Waals surface area contributed by atoms with E-state index in [4.69, 9.17) is 10.5 Å². The summed E-state index contributed by atoms with van der Waals surface area (Å²) in [4.78, 5) is 40.5. The van der Waals surface area contributed by atoms with Gasteiger partial charge in [0.2, 0.25) is 0 Å². The van der Waals surface area contributed by atoms with Gasteiger partial charge in [-0.2, -0.15) is 5.10 Å². The summed E-state index contributed by atoms with van der Waals surface area (Å²) in [5.41, 5.74) is 9.16. The van der Waals surface area contributed by atoms with Crippen molar-refractivity contribution in [1.82, 2.24) is 20.0 Å². The van der Waals surface area contributed by atoms with Gasteiger partial charge in [0.25, 0.3) is 5.91 Å². The normalized spacial score (nSPS) is 16.8. The standard InChI is InChI=1S/C35H39N5O5/c1-23-18-30(32(36)43)38-40(23)28-13-10-24(11-14-28)19-27-20-26(12-15-29(27)25-8-6-5-7-9-25)31(42)35(22-41)21-37-16-17-39(35)33(44)45-34(2,3)4/h5-15,18,20,37,41H,16-17,19,21-22H2,1-4H3,(H2,36,43). The van der Waals surface area contributed by atoms with Crippen molar-refractivity contribution in [3.8, 4) is 16.8 Å². The van der Waals surface area contributed by atoms with Gasteiger partial charge in [0.1, 0.15) is 11.1 Å². The van der Waals surface area contributed by atoms with E-state index in [0.29, 0.717) is 18.5 Å². The molecule has 1 aromatic heterocycles. The number of nitrogens with one attached hydrogen (secondary N) is 1. The minimum absolute atomic E-state index is 0.100. The van der Waals surface area contributed by atoms with E-state index in [1.54, 1.807) is 37.6 Å². The summed E-state index contributed by atoms with van der Waals surface area (Å²) in [6.07, 6.45) is -0.126. The van der Waals surface area contributed by atoms with Crippen molar-refractivity contribution in [2.24, 2.45) is 5.73 Å². The van der Waals surface area contributed by atoms with Gasteiger partial charge in [0, 0.05) is 30.9 Å².